The molecule has 4 nitrogen and oxygen atoms in total. The van der Waals surface area contributed by atoms with Gasteiger partial charge in [0.05, 0.1) is 12.2 Å². The number of amides is 1. The van der Waals surface area contributed by atoms with Crippen molar-refractivity contribution in [1.29, 1.82) is 0 Å². The number of hydrogen-bond donors (Lipinski definition) is 2. The molecule has 0 saturated heterocycles. The standard InChI is InChI=1S/C12H15FN2O2/c1-2-5-15(6-7-16)12(17)10-4-3-9(14)8-11(10)13/h2-4,8,16H,1,5-7,14H2. The van der Waals surface area contributed by atoms with Crippen molar-refractivity contribution in [3.8, 4) is 0 Å². The van der Waals surface area contributed by atoms with Gasteiger partial charge in [0.1, 0.15) is 5.82 Å². The van der Waals surface area contributed by atoms with Crippen LogP contribution in [0.5, 0.6) is 0 Å². The molecule has 0 heterocycles. The number of carbonyl (C=O) groups is 1. The monoisotopic (exact) mass is 238 g/mol. The fourth-order valence-corrected chi connectivity index (χ4v) is 1.43. The third-order valence-electron chi connectivity index (χ3n) is 2.23. The van der Waals surface area contributed by atoms with Crippen LogP contribution in [0.2, 0.25) is 0 Å². The van der Waals surface area contributed by atoms with Crippen molar-refractivity contribution in [3.05, 3.63) is 42.2 Å². The summed E-state index contributed by atoms with van der Waals surface area (Å²) in [4.78, 5) is 13.3. The zero-order chi connectivity index (χ0) is 12.8. The van der Waals surface area contributed by atoms with Crippen molar-refractivity contribution >= 4 is 11.6 Å². The Labute approximate surface area is 99.2 Å². The fraction of sp³-hybridized carbons (Fsp3) is 0.250. The molecule has 1 amide bonds. The number of aliphatic hydroxyl groups excluding tert-OH is 1. The van der Waals surface area contributed by atoms with Crippen LogP contribution in [0.3, 0.4) is 0 Å². The van der Waals surface area contributed by atoms with Gasteiger partial charge in [0.15, 0.2) is 0 Å². The van der Waals surface area contributed by atoms with Crippen LogP contribution >= 0.6 is 0 Å². The minimum absolute atomic E-state index is 0.0606. The number of nitrogen functional groups attached to an aromatic ring is 1. The minimum Gasteiger partial charge on any atom is -0.399 e. The number of hydrogen-bond acceptors (Lipinski definition) is 3. The van der Waals surface area contributed by atoms with Crippen LogP contribution in [0.15, 0.2) is 30.9 Å². The van der Waals surface area contributed by atoms with Gasteiger partial charge in [-0.25, -0.2) is 4.39 Å². The largest absolute Gasteiger partial charge is 0.399 e. The van der Waals surface area contributed by atoms with Crippen LogP contribution < -0.4 is 5.73 Å². The lowest BCUT2D eigenvalue weighted by Gasteiger charge is -2.20. The van der Waals surface area contributed by atoms with Crippen LogP contribution in [0, 0.1) is 5.82 Å². The molecule has 0 saturated carbocycles. The molecule has 0 spiro atoms. The van der Waals surface area contributed by atoms with Gasteiger partial charge in [0.2, 0.25) is 0 Å². The number of halogens is 1. The summed E-state index contributed by atoms with van der Waals surface area (Å²) < 4.78 is 13.5. The average Bonchev–Trinajstić information content (AvgIpc) is 2.28. The van der Waals surface area contributed by atoms with E-state index in [1.165, 1.54) is 23.1 Å². The Hall–Kier alpha value is -1.88. The molecule has 0 aliphatic heterocycles. The number of anilines is 1. The highest BCUT2D eigenvalue weighted by Gasteiger charge is 2.17. The van der Waals surface area contributed by atoms with Gasteiger partial charge in [-0.3, -0.25) is 4.79 Å². The van der Waals surface area contributed by atoms with E-state index in [9.17, 15) is 9.18 Å². The quantitative estimate of drug-likeness (QED) is 0.594. The van der Waals surface area contributed by atoms with Crippen molar-refractivity contribution < 1.29 is 14.3 Å². The highest BCUT2D eigenvalue weighted by Crippen LogP contribution is 2.14. The Morgan fingerprint density at radius 1 is 1.59 bits per heavy atom. The third kappa shape index (κ3) is 3.29. The van der Waals surface area contributed by atoms with E-state index in [2.05, 4.69) is 6.58 Å². The van der Waals surface area contributed by atoms with Crippen molar-refractivity contribution in [3.63, 3.8) is 0 Å². The zero-order valence-corrected chi connectivity index (χ0v) is 9.40. The second-order valence-electron chi connectivity index (χ2n) is 3.50. The molecule has 0 aliphatic rings. The highest BCUT2D eigenvalue weighted by atomic mass is 19.1. The van der Waals surface area contributed by atoms with Gasteiger partial charge in [0, 0.05) is 18.8 Å². The molecule has 0 bridgehead atoms. The van der Waals surface area contributed by atoms with Crippen molar-refractivity contribution in [2.75, 3.05) is 25.4 Å². The summed E-state index contributed by atoms with van der Waals surface area (Å²) in [6, 6.07) is 3.89. The van der Waals surface area contributed by atoms with Gasteiger partial charge in [-0.2, -0.15) is 0 Å². The van der Waals surface area contributed by atoms with E-state index in [0.717, 1.165) is 6.07 Å². The molecule has 0 unspecified atom stereocenters. The minimum atomic E-state index is -0.665. The van der Waals surface area contributed by atoms with E-state index in [4.69, 9.17) is 10.8 Å². The van der Waals surface area contributed by atoms with Crippen LogP contribution in [0.25, 0.3) is 0 Å². The van der Waals surface area contributed by atoms with Gasteiger partial charge < -0.3 is 15.7 Å². The maximum Gasteiger partial charge on any atom is 0.257 e. The Kier molecular flexibility index (Phi) is 4.66. The van der Waals surface area contributed by atoms with E-state index >= 15 is 0 Å². The van der Waals surface area contributed by atoms with Crippen molar-refractivity contribution in [2.45, 2.75) is 0 Å². The summed E-state index contributed by atoms with van der Waals surface area (Å²) in [5, 5.41) is 8.83. The predicted molar refractivity (Wildman–Crippen MR) is 64.0 cm³/mol. The summed E-state index contributed by atoms with van der Waals surface area (Å²) in [5.74, 6) is -1.15. The van der Waals surface area contributed by atoms with Gasteiger partial charge in [-0.15, -0.1) is 6.58 Å². The van der Waals surface area contributed by atoms with Gasteiger partial charge in [-0.1, -0.05) is 6.08 Å². The molecule has 1 rings (SSSR count). The maximum absolute atomic E-state index is 13.5. The van der Waals surface area contributed by atoms with Crippen LogP contribution in [-0.2, 0) is 0 Å². The molecule has 0 aromatic heterocycles. The summed E-state index contributed by atoms with van der Waals surface area (Å²) in [5.41, 5.74) is 5.60. The van der Waals surface area contributed by atoms with E-state index < -0.39 is 11.7 Å². The van der Waals surface area contributed by atoms with Crippen molar-refractivity contribution in [1.82, 2.24) is 4.90 Å². The number of nitrogens with zero attached hydrogens (tertiary/aromatic N) is 1. The first-order valence-electron chi connectivity index (χ1n) is 5.16. The average molecular weight is 238 g/mol. The first-order chi connectivity index (χ1) is 8.10. The first kappa shape index (κ1) is 13.2. The predicted octanol–water partition coefficient (Wildman–Crippen LogP) is 1.03. The van der Waals surface area contributed by atoms with E-state index in [0.29, 0.717) is 0 Å². The molecule has 92 valence electrons. The number of benzene rings is 1. The van der Waals surface area contributed by atoms with Crippen LogP contribution in [0.1, 0.15) is 10.4 Å². The molecule has 1 aromatic carbocycles. The fourth-order valence-electron chi connectivity index (χ4n) is 1.43. The molecular formula is C12H15FN2O2. The lowest BCUT2D eigenvalue weighted by atomic mass is 10.1. The number of aliphatic hydroxyl groups is 1. The van der Waals surface area contributed by atoms with E-state index in [-0.39, 0.29) is 30.9 Å². The normalized spacial score (nSPS) is 10.0. The first-order valence-corrected chi connectivity index (χ1v) is 5.16. The zero-order valence-electron chi connectivity index (χ0n) is 9.40. The van der Waals surface area contributed by atoms with Gasteiger partial charge >= 0.3 is 0 Å². The third-order valence-corrected chi connectivity index (χ3v) is 2.23. The summed E-state index contributed by atoms with van der Waals surface area (Å²) in [6.45, 7) is 3.71. The Bertz CT molecular complexity index is 421. The molecule has 3 N–H and O–H groups in total. The maximum atomic E-state index is 13.5. The molecule has 0 radical (unpaired) electrons. The molecular weight excluding hydrogens is 223 g/mol. The lowest BCUT2D eigenvalue weighted by Crippen LogP contribution is -2.34. The molecule has 1 aromatic rings. The van der Waals surface area contributed by atoms with Gasteiger partial charge in [-0.05, 0) is 18.2 Å². The number of carbonyl (C=O) groups excluding carboxylic acids is 1. The molecule has 17 heavy (non-hydrogen) atoms. The molecule has 0 fully saturated rings. The molecule has 0 atom stereocenters. The molecule has 5 heteroatoms. The number of nitrogens with two attached hydrogens (primary N) is 1. The second-order valence-corrected chi connectivity index (χ2v) is 3.50. The molecule has 0 aliphatic carbocycles. The summed E-state index contributed by atoms with van der Waals surface area (Å²) in [6.07, 6.45) is 1.52. The van der Waals surface area contributed by atoms with Crippen LogP contribution in [0.4, 0.5) is 10.1 Å². The Morgan fingerprint density at radius 3 is 2.82 bits per heavy atom. The van der Waals surface area contributed by atoms with E-state index in [1.54, 1.807) is 0 Å². The lowest BCUT2D eigenvalue weighted by molar-refractivity contribution is 0.0738. The Balaban J connectivity index is 2.96. The number of rotatable bonds is 5. The second kappa shape index (κ2) is 6.00. The smallest absolute Gasteiger partial charge is 0.257 e. The van der Waals surface area contributed by atoms with Crippen LogP contribution in [-0.4, -0.2) is 35.6 Å². The van der Waals surface area contributed by atoms with Crippen molar-refractivity contribution in [2.24, 2.45) is 0 Å². The van der Waals surface area contributed by atoms with Gasteiger partial charge in [0.25, 0.3) is 5.91 Å². The highest BCUT2D eigenvalue weighted by molar-refractivity contribution is 5.94. The summed E-state index contributed by atoms with van der Waals surface area (Å²) in [7, 11) is 0. The Morgan fingerprint density at radius 2 is 2.29 bits per heavy atom. The SMILES string of the molecule is C=CCN(CCO)C(=O)c1ccc(N)cc1F. The topological polar surface area (TPSA) is 66.6 Å². The van der Waals surface area contributed by atoms with E-state index in [1.807, 2.05) is 0 Å². The summed E-state index contributed by atoms with van der Waals surface area (Å²) >= 11 is 0.